The SMILES string of the molecule is CCC(C)OC(C)(C)POc1ccc2ccccc2c1-c1c([O-])ccc2ccccc12.[K+]. The van der Waals surface area contributed by atoms with E-state index in [9.17, 15) is 5.11 Å². The van der Waals surface area contributed by atoms with Crippen LogP contribution in [-0.4, -0.2) is 11.4 Å². The minimum atomic E-state index is -0.419. The summed E-state index contributed by atoms with van der Waals surface area (Å²) >= 11 is 0. The zero-order valence-electron chi connectivity index (χ0n) is 19.4. The van der Waals surface area contributed by atoms with Crippen LogP contribution in [0.5, 0.6) is 11.5 Å². The van der Waals surface area contributed by atoms with Gasteiger partial charge in [-0.25, -0.2) is 0 Å². The maximum Gasteiger partial charge on any atom is 1.00 e. The molecule has 2 atom stereocenters. The predicted molar refractivity (Wildman–Crippen MR) is 130 cm³/mol. The van der Waals surface area contributed by atoms with Crippen LogP contribution in [0.25, 0.3) is 32.7 Å². The minimum Gasteiger partial charge on any atom is -0.872 e. The molecule has 2 unspecified atom stereocenters. The molecular weight excluding hydrogens is 442 g/mol. The van der Waals surface area contributed by atoms with Gasteiger partial charge in [-0.1, -0.05) is 73.7 Å². The Labute approximate surface area is 234 Å². The van der Waals surface area contributed by atoms with Crippen LogP contribution >= 0.6 is 8.81 Å². The van der Waals surface area contributed by atoms with Crippen LogP contribution in [0, 0.1) is 0 Å². The summed E-state index contributed by atoms with van der Waals surface area (Å²) < 4.78 is 12.5. The predicted octanol–water partition coefficient (Wildman–Crippen LogP) is 4.26. The fourth-order valence-electron chi connectivity index (χ4n) is 3.89. The standard InChI is InChI=1S/C27H29O3P.K/c1-5-18(2)29-27(3,4)31-30-24-17-15-20-11-7-9-13-22(20)26(24)25-21-12-8-6-10-19(21)14-16-23(25)28;/h6-18,28,31H,5H2,1-4H3;/q;+1/p-1. The average Bonchev–Trinajstić information content (AvgIpc) is 2.77. The van der Waals surface area contributed by atoms with Gasteiger partial charge in [-0.3, -0.25) is 0 Å². The van der Waals surface area contributed by atoms with Gasteiger partial charge < -0.3 is 14.4 Å². The zero-order valence-corrected chi connectivity index (χ0v) is 23.6. The van der Waals surface area contributed by atoms with Gasteiger partial charge in [0.25, 0.3) is 0 Å². The van der Waals surface area contributed by atoms with Crippen LogP contribution in [0.4, 0.5) is 0 Å². The topological polar surface area (TPSA) is 41.5 Å². The first-order valence-electron chi connectivity index (χ1n) is 10.7. The summed E-state index contributed by atoms with van der Waals surface area (Å²) in [5.41, 5.74) is 1.54. The van der Waals surface area contributed by atoms with Gasteiger partial charge in [-0.2, -0.15) is 0 Å². The molecule has 4 aromatic carbocycles. The smallest absolute Gasteiger partial charge is 0.872 e. The Bertz CT molecular complexity index is 1220. The number of rotatable bonds is 7. The van der Waals surface area contributed by atoms with Crippen molar-refractivity contribution in [3.8, 4) is 22.6 Å². The molecule has 0 spiro atoms. The molecule has 0 aliphatic carbocycles. The molecule has 0 aliphatic rings. The van der Waals surface area contributed by atoms with Gasteiger partial charge in [-0.05, 0) is 60.4 Å². The summed E-state index contributed by atoms with van der Waals surface area (Å²) in [5.74, 6) is 0.713. The Kier molecular flexibility index (Phi) is 8.79. The van der Waals surface area contributed by atoms with E-state index >= 15 is 0 Å². The normalized spacial score (nSPS) is 12.9. The van der Waals surface area contributed by atoms with E-state index < -0.39 is 5.34 Å². The van der Waals surface area contributed by atoms with E-state index in [0.717, 1.165) is 33.5 Å². The molecular formula is C27H28KO3P. The first kappa shape index (κ1) is 25.6. The van der Waals surface area contributed by atoms with Gasteiger partial charge in [0.2, 0.25) is 0 Å². The van der Waals surface area contributed by atoms with E-state index in [1.165, 1.54) is 0 Å². The molecule has 0 saturated carbocycles. The average molecular weight is 471 g/mol. The molecule has 0 aliphatic heterocycles. The second-order valence-electron chi connectivity index (χ2n) is 8.37. The van der Waals surface area contributed by atoms with E-state index in [0.29, 0.717) is 11.3 Å². The monoisotopic (exact) mass is 470 g/mol. The summed E-state index contributed by atoms with van der Waals surface area (Å²) in [6.45, 7) is 8.29. The molecule has 0 saturated heterocycles. The Hall–Kier alpha value is -0.974. The van der Waals surface area contributed by atoms with Crippen molar-refractivity contribution in [1.29, 1.82) is 0 Å². The number of fused-ring (bicyclic) bond motifs is 2. The minimum absolute atomic E-state index is 0. The molecule has 32 heavy (non-hydrogen) atoms. The third kappa shape index (κ3) is 5.56. The number of benzene rings is 4. The Balaban J connectivity index is 0.00000289. The van der Waals surface area contributed by atoms with Gasteiger partial charge in [0.05, 0.1) is 6.10 Å². The fraction of sp³-hybridized carbons (Fsp3) is 0.259. The zero-order chi connectivity index (χ0) is 22.0. The first-order chi connectivity index (χ1) is 14.9. The second kappa shape index (κ2) is 11.0. The van der Waals surface area contributed by atoms with Gasteiger partial charge in [-0.15, -0.1) is 5.75 Å². The molecule has 160 valence electrons. The molecule has 4 rings (SSSR count). The number of hydrogen-bond acceptors (Lipinski definition) is 3. The number of hydrogen-bond donors (Lipinski definition) is 0. The molecule has 0 amide bonds. The molecule has 0 heterocycles. The summed E-state index contributed by atoms with van der Waals surface area (Å²) in [7, 11) is 0.0941. The molecule has 0 aromatic heterocycles. The van der Waals surface area contributed by atoms with Crippen LogP contribution in [0.3, 0.4) is 0 Å². The summed E-state index contributed by atoms with van der Waals surface area (Å²) in [6, 6.07) is 23.7. The molecule has 4 aromatic rings. The largest absolute Gasteiger partial charge is 1.00 e. The molecule has 0 fully saturated rings. The van der Waals surface area contributed by atoms with Crippen molar-refractivity contribution in [2.75, 3.05) is 0 Å². The molecule has 5 heteroatoms. The van der Waals surface area contributed by atoms with E-state index in [1.807, 2.05) is 48.5 Å². The third-order valence-corrected chi connectivity index (χ3v) is 6.44. The van der Waals surface area contributed by atoms with Gasteiger partial charge >= 0.3 is 51.4 Å². The van der Waals surface area contributed by atoms with Crippen molar-refractivity contribution in [3.05, 3.63) is 72.8 Å². The molecule has 3 nitrogen and oxygen atoms in total. The molecule has 0 N–H and O–H groups in total. The van der Waals surface area contributed by atoms with Crippen molar-refractivity contribution in [1.82, 2.24) is 0 Å². The van der Waals surface area contributed by atoms with Gasteiger partial charge in [0.15, 0.2) is 0 Å². The van der Waals surface area contributed by atoms with Gasteiger partial charge in [0, 0.05) is 5.56 Å². The molecule has 0 radical (unpaired) electrons. The van der Waals surface area contributed by atoms with Crippen molar-refractivity contribution in [2.24, 2.45) is 0 Å². The van der Waals surface area contributed by atoms with Crippen molar-refractivity contribution in [3.63, 3.8) is 0 Å². The summed E-state index contributed by atoms with van der Waals surface area (Å²) in [4.78, 5) is 0. The number of ether oxygens (including phenoxy) is 1. The fourth-order valence-corrected chi connectivity index (χ4v) is 4.67. The molecule has 0 bridgehead atoms. The quantitative estimate of drug-likeness (QED) is 0.299. The van der Waals surface area contributed by atoms with Crippen LogP contribution in [0.2, 0.25) is 0 Å². The maximum absolute atomic E-state index is 13.1. The third-order valence-electron chi connectivity index (χ3n) is 5.51. The van der Waals surface area contributed by atoms with Crippen LogP contribution < -0.4 is 61.0 Å². The maximum atomic E-state index is 13.1. The van der Waals surface area contributed by atoms with Crippen molar-refractivity contribution < 1.29 is 65.8 Å². The Morgan fingerprint density at radius 2 is 1.41 bits per heavy atom. The van der Waals surface area contributed by atoms with Gasteiger partial charge in [0.1, 0.15) is 19.9 Å². The van der Waals surface area contributed by atoms with E-state index in [1.54, 1.807) is 6.07 Å². The van der Waals surface area contributed by atoms with Crippen molar-refractivity contribution in [2.45, 2.75) is 45.6 Å². The van der Waals surface area contributed by atoms with Crippen molar-refractivity contribution >= 4 is 30.4 Å². The van der Waals surface area contributed by atoms with Crippen LogP contribution in [0.1, 0.15) is 34.1 Å². The van der Waals surface area contributed by atoms with Crippen LogP contribution in [-0.2, 0) is 4.74 Å². The van der Waals surface area contributed by atoms with Crippen LogP contribution in [0.15, 0.2) is 72.8 Å². The second-order valence-corrected chi connectivity index (χ2v) is 9.98. The summed E-state index contributed by atoms with van der Waals surface area (Å²) in [6.07, 6.45) is 1.11. The van der Waals surface area contributed by atoms with E-state index in [2.05, 4.69) is 45.9 Å². The first-order valence-corrected chi connectivity index (χ1v) is 11.6. The van der Waals surface area contributed by atoms with E-state index in [-0.39, 0.29) is 72.0 Å². The Morgan fingerprint density at radius 1 is 0.844 bits per heavy atom. The van der Waals surface area contributed by atoms with E-state index in [4.69, 9.17) is 9.26 Å². The summed E-state index contributed by atoms with van der Waals surface area (Å²) in [5, 5.41) is 16.8. The Morgan fingerprint density at radius 3 is 2.03 bits per heavy atom.